The molecule has 0 spiro atoms. The van der Waals surface area contributed by atoms with Crippen molar-refractivity contribution in [2.45, 2.75) is 26.8 Å². The molecule has 6 heteroatoms. The summed E-state index contributed by atoms with van der Waals surface area (Å²) in [7, 11) is 1.70. The zero-order valence-electron chi connectivity index (χ0n) is 16.3. The second kappa shape index (κ2) is 8.61. The number of nitrogens with zero attached hydrogens (tertiary/aromatic N) is 3. The number of rotatable bonds is 7. The number of hydrogen-bond acceptors (Lipinski definition) is 5. The SMILES string of the molecule is CCC(=O)c1ccc(OCC(=O)N(C)Cc2nc(C)c3ccccc3n2)cc1. The van der Waals surface area contributed by atoms with Crippen molar-refractivity contribution in [2.75, 3.05) is 13.7 Å². The molecule has 0 unspecified atom stereocenters. The monoisotopic (exact) mass is 377 g/mol. The molecular formula is C22H23N3O3. The first-order chi connectivity index (χ1) is 13.5. The summed E-state index contributed by atoms with van der Waals surface area (Å²) in [5, 5.41) is 1.01. The van der Waals surface area contributed by atoms with E-state index >= 15 is 0 Å². The van der Waals surface area contributed by atoms with Gasteiger partial charge in [0, 0.05) is 30.1 Å². The number of hydrogen-bond donors (Lipinski definition) is 0. The van der Waals surface area contributed by atoms with Gasteiger partial charge in [-0.15, -0.1) is 0 Å². The molecule has 28 heavy (non-hydrogen) atoms. The Morgan fingerprint density at radius 3 is 2.46 bits per heavy atom. The number of fused-ring (bicyclic) bond motifs is 1. The molecule has 0 saturated heterocycles. The molecule has 0 aliphatic rings. The maximum atomic E-state index is 12.4. The maximum absolute atomic E-state index is 12.4. The number of Topliss-reactive ketones (excluding diaryl/α,β-unsaturated/α-hetero) is 1. The van der Waals surface area contributed by atoms with Crippen LogP contribution in [0.15, 0.2) is 48.5 Å². The van der Waals surface area contributed by atoms with Crippen LogP contribution in [0, 0.1) is 6.92 Å². The Bertz CT molecular complexity index is 1000. The number of aryl methyl sites for hydroxylation is 1. The van der Waals surface area contributed by atoms with Crippen LogP contribution >= 0.6 is 0 Å². The van der Waals surface area contributed by atoms with E-state index < -0.39 is 0 Å². The van der Waals surface area contributed by atoms with Gasteiger partial charge in [-0.2, -0.15) is 0 Å². The van der Waals surface area contributed by atoms with Crippen molar-refractivity contribution in [2.24, 2.45) is 0 Å². The number of carbonyl (C=O) groups excluding carboxylic acids is 2. The second-order valence-corrected chi connectivity index (χ2v) is 6.58. The van der Waals surface area contributed by atoms with Gasteiger partial charge in [-0.25, -0.2) is 9.97 Å². The summed E-state index contributed by atoms with van der Waals surface area (Å²) >= 11 is 0. The summed E-state index contributed by atoms with van der Waals surface area (Å²) < 4.78 is 5.55. The van der Waals surface area contributed by atoms with Crippen LogP contribution in [-0.4, -0.2) is 40.2 Å². The molecule has 0 bridgehead atoms. The topological polar surface area (TPSA) is 72.4 Å². The van der Waals surface area contributed by atoms with Crippen LogP contribution in [0.5, 0.6) is 5.75 Å². The number of aromatic nitrogens is 2. The molecule has 0 N–H and O–H groups in total. The molecule has 1 aromatic heterocycles. The number of ether oxygens (including phenoxy) is 1. The molecule has 0 aliphatic heterocycles. The predicted molar refractivity (Wildman–Crippen MR) is 107 cm³/mol. The van der Waals surface area contributed by atoms with Crippen LogP contribution in [0.2, 0.25) is 0 Å². The van der Waals surface area contributed by atoms with E-state index in [0.717, 1.165) is 16.6 Å². The molecule has 0 radical (unpaired) electrons. The summed E-state index contributed by atoms with van der Waals surface area (Å²) in [5.41, 5.74) is 2.39. The van der Waals surface area contributed by atoms with Gasteiger partial charge >= 0.3 is 0 Å². The number of benzene rings is 2. The van der Waals surface area contributed by atoms with Gasteiger partial charge in [-0.3, -0.25) is 9.59 Å². The highest BCUT2D eigenvalue weighted by Crippen LogP contribution is 2.16. The van der Waals surface area contributed by atoms with E-state index in [4.69, 9.17) is 4.74 Å². The molecule has 3 rings (SSSR count). The quantitative estimate of drug-likeness (QED) is 0.589. The van der Waals surface area contributed by atoms with Gasteiger partial charge in [-0.05, 0) is 37.3 Å². The van der Waals surface area contributed by atoms with Gasteiger partial charge in [-0.1, -0.05) is 25.1 Å². The van der Waals surface area contributed by atoms with Crippen LogP contribution in [0.3, 0.4) is 0 Å². The third-order valence-corrected chi connectivity index (χ3v) is 4.50. The number of carbonyl (C=O) groups is 2. The Hall–Kier alpha value is -3.28. The summed E-state index contributed by atoms with van der Waals surface area (Å²) in [6.07, 6.45) is 0.458. The fourth-order valence-electron chi connectivity index (χ4n) is 2.86. The lowest BCUT2D eigenvalue weighted by Gasteiger charge is -2.17. The van der Waals surface area contributed by atoms with Crippen molar-refractivity contribution in [1.82, 2.24) is 14.9 Å². The smallest absolute Gasteiger partial charge is 0.260 e. The fourth-order valence-corrected chi connectivity index (χ4v) is 2.86. The molecule has 0 aliphatic carbocycles. The van der Waals surface area contributed by atoms with Gasteiger partial charge < -0.3 is 9.64 Å². The summed E-state index contributed by atoms with van der Waals surface area (Å²) in [4.78, 5) is 34.6. The van der Waals surface area contributed by atoms with Crippen LogP contribution in [0.1, 0.15) is 35.2 Å². The van der Waals surface area contributed by atoms with Crippen LogP contribution in [0.4, 0.5) is 0 Å². The maximum Gasteiger partial charge on any atom is 0.260 e. The van der Waals surface area contributed by atoms with Crippen molar-refractivity contribution in [1.29, 1.82) is 0 Å². The Morgan fingerprint density at radius 1 is 1.04 bits per heavy atom. The van der Waals surface area contributed by atoms with Crippen LogP contribution in [-0.2, 0) is 11.3 Å². The lowest BCUT2D eigenvalue weighted by Crippen LogP contribution is -2.31. The first-order valence-corrected chi connectivity index (χ1v) is 9.20. The predicted octanol–water partition coefficient (Wildman–Crippen LogP) is 3.57. The van der Waals surface area contributed by atoms with Crippen LogP contribution < -0.4 is 4.74 Å². The fraction of sp³-hybridized carbons (Fsp3) is 0.273. The highest BCUT2D eigenvalue weighted by Gasteiger charge is 2.13. The molecule has 0 fully saturated rings. The van der Waals surface area contributed by atoms with E-state index in [9.17, 15) is 9.59 Å². The molecular weight excluding hydrogens is 354 g/mol. The third-order valence-electron chi connectivity index (χ3n) is 4.50. The standard InChI is InChI=1S/C22H23N3O3/c1-4-20(26)16-9-11-17(12-10-16)28-14-22(27)25(3)13-21-23-15(2)18-7-5-6-8-19(18)24-21/h5-12H,4,13-14H2,1-3H3. The third kappa shape index (κ3) is 4.52. The lowest BCUT2D eigenvalue weighted by atomic mass is 10.1. The lowest BCUT2D eigenvalue weighted by molar-refractivity contribution is -0.132. The Labute approximate surface area is 164 Å². The van der Waals surface area contributed by atoms with Gasteiger partial charge in [0.15, 0.2) is 12.4 Å². The number of amides is 1. The average molecular weight is 377 g/mol. The van der Waals surface area contributed by atoms with E-state index in [1.165, 1.54) is 0 Å². The Morgan fingerprint density at radius 2 is 1.75 bits per heavy atom. The van der Waals surface area contributed by atoms with Gasteiger partial charge in [0.2, 0.25) is 0 Å². The molecule has 1 heterocycles. The summed E-state index contributed by atoms with van der Waals surface area (Å²) in [6, 6.07) is 14.6. The summed E-state index contributed by atoms with van der Waals surface area (Å²) in [5.74, 6) is 1.04. The first-order valence-electron chi connectivity index (χ1n) is 9.20. The highest BCUT2D eigenvalue weighted by atomic mass is 16.5. The molecule has 144 valence electrons. The van der Waals surface area contributed by atoms with Gasteiger partial charge in [0.1, 0.15) is 11.6 Å². The van der Waals surface area contributed by atoms with Crippen molar-refractivity contribution >= 4 is 22.6 Å². The Balaban J connectivity index is 1.59. The van der Waals surface area contributed by atoms with Crippen molar-refractivity contribution in [3.05, 3.63) is 65.6 Å². The molecule has 0 atom stereocenters. The number of ketones is 1. The highest BCUT2D eigenvalue weighted by molar-refractivity contribution is 5.95. The van der Waals surface area contributed by atoms with Crippen LogP contribution in [0.25, 0.3) is 10.9 Å². The molecule has 3 aromatic rings. The zero-order valence-corrected chi connectivity index (χ0v) is 16.3. The van der Waals surface area contributed by atoms with E-state index in [0.29, 0.717) is 30.1 Å². The molecule has 6 nitrogen and oxygen atoms in total. The Kier molecular flexibility index (Phi) is 5.99. The average Bonchev–Trinajstić information content (AvgIpc) is 2.71. The first kappa shape index (κ1) is 19.5. The van der Waals surface area contributed by atoms with Gasteiger partial charge in [0.05, 0.1) is 12.1 Å². The number of likely N-dealkylation sites (N-methyl/N-ethyl adjacent to an activating group) is 1. The molecule has 1 amide bonds. The molecule has 0 saturated carbocycles. The largest absolute Gasteiger partial charge is 0.484 e. The molecule has 2 aromatic carbocycles. The second-order valence-electron chi connectivity index (χ2n) is 6.58. The van der Waals surface area contributed by atoms with Crippen molar-refractivity contribution < 1.29 is 14.3 Å². The van der Waals surface area contributed by atoms with Gasteiger partial charge in [0.25, 0.3) is 5.91 Å². The minimum Gasteiger partial charge on any atom is -0.484 e. The van der Waals surface area contributed by atoms with Crippen molar-refractivity contribution in [3.8, 4) is 5.75 Å². The van der Waals surface area contributed by atoms with E-state index in [1.54, 1.807) is 36.2 Å². The zero-order chi connectivity index (χ0) is 20.1. The summed E-state index contributed by atoms with van der Waals surface area (Å²) in [6.45, 7) is 3.97. The van der Waals surface area contributed by atoms with E-state index in [-0.39, 0.29) is 18.3 Å². The van der Waals surface area contributed by atoms with E-state index in [2.05, 4.69) is 9.97 Å². The van der Waals surface area contributed by atoms with E-state index in [1.807, 2.05) is 38.1 Å². The minimum absolute atomic E-state index is 0.0769. The number of para-hydroxylation sites is 1. The van der Waals surface area contributed by atoms with Crippen molar-refractivity contribution in [3.63, 3.8) is 0 Å². The normalized spacial score (nSPS) is 10.7. The minimum atomic E-state index is -0.178.